The molecule has 0 spiro atoms. The number of nitrogens with one attached hydrogen (secondary N) is 2. The number of hydrogen-bond acceptors (Lipinski definition) is 4. The van der Waals surface area contributed by atoms with Gasteiger partial charge in [-0.1, -0.05) is 0 Å². The number of amides is 1. The summed E-state index contributed by atoms with van der Waals surface area (Å²) in [6.07, 6.45) is -4.13. The summed E-state index contributed by atoms with van der Waals surface area (Å²) >= 11 is 0. The van der Waals surface area contributed by atoms with Crippen molar-refractivity contribution in [1.29, 1.82) is 0 Å². The van der Waals surface area contributed by atoms with Gasteiger partial charge in [0.15, 0.2) is 0 Å². The second-order valence-corrected chi connectivity index (χ2v) is 5.66. The van der Waals surface area contributed by atoms with E-state index in [1.165, 1.54) is 0 Å². The molecule has 0 atom stereocenters. The van der Waals surface area contributed by atoms with Crippen molar-refractivity contribution in [3.05, 3.63) is 41.1 Å². The van der Waals surface area contributed by atoms with E-state index in [-0.39, 0.29) is 24.1 Å². The normalized spacial score (nSPS) is 14.5. The molecule has 0 heterocycles. The fraction of sp³-hybridized carbons (Fsp3) is 0.375. The van der Waals surface area contributed by atoms with Crippen molar-refractivity contribution in [3.8, 4) is 0 Å². The van der Waals surface area contributed by atoms with Gasteiger partial charge in [0.25, 0.3) is 11.7 Å². The van der Waals surface area contributed by atoms with Gasteiger partial charge in [0.05, 0.1) is 0 Å². The standard InChI is InChI=1S/C16H18F3N3O2/c1-22(2)11-8-6-10(7-9-11)15(24)21-20-13-5-3-4-12(13)14(23)16(17,18)19/h6-9,20H,3-5H2,1-2H3,(H,21,24). The van der Waals surface area contributed by atoms with Gasteiger partial charge in [0.1, 0.15) is 0 Å². The van der Waals surface area contributed by atoms with Crippen LogP contribution < -0.4 is 15.8 Å². The summed E-state index contributed by atoms with van der Waals surface area (Å²) in [4.78, 5) is 25.3. The Hall–Kier alpha value is -2.51. The lowest BCUT2D eigenvalue weighted by Crippen LogP contribution is -2.38. The van der Waals surface area contributed by atoms with E-state index >= 15 is 0 Å². The Labute approximate surface area is 137 Å². The number of Topliss-reactive ketones (excluding diaryl/α,β-unsaturated/α-hetero) is 1. The highest BCUT2D eigenvalue weighted by molar-refractivity contribution is 6.00. The Kier molecular flexibility index (Phi) is 5.16. The molecule has 1 aliphatic rings. The van der Waals surface area contributed by atoms with Gasteiger partial charge in [-0.2, -0.15) is 13.2 Å². The van der Waals surface area contributed by atoms with Crippen LogP contribution in [0, 0.1) is 0 Å². The molecule has 0 saturated carbocycles. The SMILES string of the molecule is CN(C)c1ccc(C(=O)NNC2=C(C(=O)C(F)(F)F)CCC2)cc1. The molecule has 0 aliphatic heterocycles. The van der Waals surface area contributed by atoms with Gasteiger partial charge in [-0.05, 0) is 43.5 Å². The third kappa shape index (κ3) is 4.06. The van der Waals surface area contributed by atoms with Gasteiger partial charge >= 0.3 is 6.18 Å². The van der Waals surface area contributed by atoms with E-state index in [2.05, 4.69) is 10.9 Å². The first-order valence-electron chi connectivity index (χ1n) is 7.37. The molecule has 1 aliphatic carbocycles. The van der Waals surface area contributed by atoms with E-state index in [0.29, 0.717) is 12.0 Å². The molecular formula is C16H18F3N3O2. The molecule has 0 aromatic heterocycles. The molecule has 0 bridgehead atoms. The molecule has 2 rings (SSSR count). The quantitative estimate of drug-likeness (QED) is 0.808. The zero-order valence-corrected chi connectivity index (χ0v) is 13.3. The first kappa shape index (κ1) is 17.8. The van der Waals surface area contributed by atoms with Crippen molar-refractivity contribution >= 4 is 17.4 Å². The Bertz CT molecular complexity index is 664. The number of rotatable bonds is 5. The van der Waals surface area contributed by atoms with Gasteiger partial charge in [-0.25, -0.2) is 0 Å². The summed E-state index contributed by atoms with van der Waals surface area (Å²) < 4.78 is 37.6. The minimum atomic E-state index is -4.90. The van der Waals surface area contributed by atoms with Crippen molar-refractivity contribution in [2.75, 3.05) is 19.0 Å². The molecule has 1 amide bonds. The molecular weight excluding hydrogens is 323 g/mol. The zero-order valence-electron chi connectivity index (χ0n) is 13.3. The number of hydrogen-bond donors (Lipinski definition) is 2. The van der Waals surface area contributed by atoms with E-state index in [4.69, 9.17) is 0 Å². The summed E-state index contributed by atoms with van der Waals surface area (Å²) in [6.45, 7) is 0. The Morgan fingerprint density at radius 3 is 2.25 bits per heavy atom. The van der Waals surface area contributed by atoms with Gasteiger partial charge in [-0.3, -0.25) is 15.0 Å². The maximum atomic E-state index is 12.5. The van der Waals surface area contributed by atoms with Crippen LogP contribution in [0.3, 0.4) is 0 Å². The van der Waals surface area contributed by atoms with Gasteiger partial charge in [0.2, 0.25) is 0 Å². The van der Waals surface area contributed by atoms with E-state index < -0.39 is 17.9 Å². The van der Waals surface area contributed by atoms with Gasteiger partial charge < -0.3 is 10.3 Å². The van der Waals surface area contributed by atoms with Crippen molar-refractivity contribution in [3.63, 3.8) is 0 Å². The van der Waals surface area contributed by atoms with E-state index in [1.54, 1.807) is 24.3 Å². The lowest BCUT2D eigenvalue weighted by atomic mass is 10.1. The van der Waals surface area contributed by atoms with Crippen LogP contribution in [0.25, 0.3) is 0 Å². The highest BCUT2D eigenvalue weighted by atomic mass is 19.4. The molecule has 5 nitrogen and oxygen atoms in total. The Balaban J connectivity index is 2.03. The number of benzene rings is 1. The zero-order chi connectivity index (χ0) is 17.9. The van der Waals surface area contributed by atoms with Crippen LogP contribution in [0.4, 0.5) is 18.9 Å². The van der Waals surface area contributed by atoms with Crippen LogP contribution in [-0.2, 0) is 4.79 Å². The maximum absolute atomic E-state index is 12.5. The van der Waals surface area contributed by atoms with Crippen molar-refractivity contribution < 1.29 is 22.8 Å². The third-order valence-corrected chi connectivity index (χ3v) is 3.72. The predicted octanol–water partition coefficient (Wildman–Crippen LogP) is 2.56. The van der Waals surface area contributed by atoms with Crippen molar-refractivity contribution in [2.45, 2.75) is 25.4 Å². The number of anilines is 1. The molecule has 0 unspecified atom stereocenters. The minimum Gasteiger partial charge on any atom is -0.378 e. The predicted molar refractivity (Wildman–Crippen MR) is 83.3 cm³/mol. The summed E-state index contributed by atoms with van der Waals surface area (Å²) in [7, 11) is 3.73. The lowest BCUT2D eigenvalue weighted by molar-refractivity contribution is -0.166. The smallest absolute Gasteiger partial charge is 0.378 e. The fourth-order valence-electron chi connectivity index (χ4n) is 2.42. The molecule has 1 aromatic rings. The highest BCUT2D eigenvalue weighted by Crippen LogP contribution is 2.30. The van der Waals surface area contributed by atoms with Crippen LogP contribution in [-0.4, -0.2) is 32.0 Å². The first-order chi connectivity index (χ1) is 11.2. The Morgan fingerprint density at radius 2 is 1.71 bits per heavy atom. The fourth-order valence-corrected chi connectivity index (χ4v) is 2.42. The van der Waals surface area contributed by atoms with Crippen molar-refractivity contribution in [2.24, 2.45) is 0 Å². The number of nitrogens with zero attached hydrogens (tertiary/aromatic N) is 1. The summed E-state index contributed by atoms with van der Waals surface area (Å²) in [6, 6.07) is 6.72. The molecule has 0 fully saturated rings. The highest BCUT2D eigenvalue weighted by Gasteiger charge is 2.42. The average molecular weight is 341 g/mol. The van der Waals surface area contributed by atoms with E-state index in [1.807, 2.05) is 19.0 Å². The topological polar surface area (TPSA) is 61.4 Å². The second-order valence-electron chi connectivity index (χ2n) is 5.66. The van der Waals surface area contributed by atoms with E-state index in [9.17, 15) is 22.8 Å². The molecule has 2 N–H and O–H groups in total. The Morgan fingerprint density at radius 1 is 1.08 bits per heavy atom. The van der Waals surface area contributed by atoms with E-state index in [0.717, 1.165) is 5.69 Å². The van der Waals surface area contributed by atoms with Crippen LogP contribution in [0.1, 0.15) is 29.6 Å². The largest absolute Gasteiger partial charge is 0.454 e. The first-order valence-corrected chi connectivity index (χ1v) is 7.37. The van der Waals surface area contributed by atoms with Gasteiger partial charge in [-0.15, -0.1) is 0 Å². The van der Waals surface area contributed by atoms with Crippen LogP contribution in [0.2, 0.25) is 0 Å². The number of carbonyl (C=O) groups is 2. The number of hydrazine groups is 1. The molecule has 0 saturated heterocycles. The summed E-state index contributed by atoms with van der Waals surface area (Å²) in [5.41, 5.74) is 5.89. The maximum Gasteiger partial charge on any atom is 0.454 e. The number of ketones is 1. The number of carbonyl (C=O) groups excluding carboxylic acids is 2. The molecule has 1 aromatic carbocycles. The molecule has 8 heteroatoms. The lowest BCUT2D eigenvalue weighted by Gasteiger charge is -2.14. The third-order valence-electron chi connectivity index (χ3n) is 3.72. The average Bonchev–Trinajstić information content (AvgIpc) is 2.99. The van der Waals surface area contributed by atoms with Gasteiger partial charge in [0, 0.05) is 36.6 Å². The number of alkyl halides is 3. The van der Waals surface area contributed by atoms with Crippen molar-refractivity contribution in [1.82, 2.24) is 10.9 Å². The monoisotopic (exact) mass is 341 g/mol. The minimum absolute atomic E-state index is 0.0497. The van der Waals surface area contributed by atoms with Crippen LogP contribution >= 0.6 is 0 Å². The number of allylic oxidation sites excluding steroid dienone is 2. The summed E-state index contributed by atoms with van der Waals surface area (Å²) in [5.74, 6) is -2.34. The van der Waals surface area contributed by atoms with Crippen LogP contribution in [0.15, 0.2) is 35.5 Å². The summed E-state index contributed by atoms with van der Waals surface area (Å²) in [5, 5.41) is 0. The molecule has 24 heavy (non-hydrogen) atoms. The molecule has 130 valence electrons. The number of halogens is 3. The van der Waals surface area contributed by atoms with Crippen LogP contribution in [0.5, 0.6) is 0 Å². The second kappa shape index (κ2) is 6.94. The molecule has 0 radical (unpaired) electrons.